The Kier molecular flexibility index (Phi) is 5.03. The highest BCUT2D eigenvalue weighted by atomic mass is 79.9. The molecule has 0 radical (unpaired) electrons. The van der Waals surface area contributed by atoms with Gasteiger partial charge < -0.3 is 4.74 Å². The van der Waals surface area contributed by atoms with Crippen LogP contribution < -0.4 is 4.74 Å². The largest absolute Gasteiger partial charge is 0.486 e. The van der Waals surface area contributed by atoms with Gasteiger partial charge in [-0.25, -0.2) is 0 Å². The number of alkyl halides is 1. The molecule has 2 rings (SSSR count). The third kappa shape index (κ3) is 3.46. The van der Waals surface area contributed by atoms with E-state index < -0.39 is 0 Å². The van der Waals surface area contributed by atoms with Crippen LogP contribution in [-0.2, 0) is 12.5 Å². The van der Waals surface area contributed by atoms with Gasteiger partial charge >= 0.3 is 0 Å². The van der Waals surface area contributed by atoms with E-state index in [0.29, 0.717) is 12.5 Å². The fourth-order valence-corrected chi connectivity index (χ4v) is 2.43. The average Bonchev–Trinajstić information content (AvgIpc) is 2.39. The standard InChI is InChI=1S/C13H10Br2ClNO/c14-10-4-5-11(17-7-10)8-18-13-9(6-16)2-1-3-12(13)15/h1-5,7H,6,8H2. The molecule has 94 valence electrons. The van der Waals surface area contributed by atoms with Crippen molar-refractivity contribution in [3.05, 3.63) is 56.7 Å². The number of para-hydroxylation sites is 1. The maximum absolute atomic E-state index is 5.88. The summed E-state index contributed by atoms with van der Waals surface area (Å²) in [5.41, 5.74) is 1.83. The summed E-state index contributed by atoms with van der Waals surface area (Å²) in [5.74, 6) is 1.19. The molecule has 1 heterocycles. The van der Waals surface area contributed by atoms with Crippen molar-refractivity contribution < 1.29 is 4.74 Å². The Morgan fingerprint density at radius 1 is 1.17 bits per heavy atom. The first-order chi connectivity index (χ1) is 8.70. The van der Waals surface area contributed by atoms with Crippen LogP contribution in [0.3, 0.4) is 0 Å². The first-order valence-corrected chi connectivity index (χ1v) is 7.39. The van der Waals surface area contributed by atoms with E-state index in [1.807, 2.05) is 30.3 Å². The minimum atomic E-state index is 0.416. The van der Waals surface area contributed by atoms with Gasteiger partial charge in [-0.2, -0.15) is 0 Å². The highest BCUT2D eigenvalue weighted by molar-refractivity contribution is 9.10. The first-order valence-electron chi connectivity index (χ1n) is 5.27. The molecule has 18 heavy (non-hydrogen) atoms. The van der Waals surface area contributed by atoms with Gasteiger partial charge in [0.15, 0.2) is 0 Å². The number of aromatic nitrogens is 1. The van der Waals surface area contributed by atoms with Crippen molar-refractivity contribution in [2.45, 2.75) is 12.5 Å². The van der Waals surface area contributed by atoms with Gasteiger partial charge in [0.1, 0.15) is 12.4 Å². The highest BCUT2D eigenvalue weighted by Gasteiger charge is 2.07. The topological polar surface area (TPSA) is 22.1 Å². The quantitative estimate of drug-likeness (QED) is 0.690. The smallest absolute Gasteiger partial charge is 0.138 e. The van der Waals surface area contributed by atoms with Gasteiger partial charge in [-0.1, -0.05) is 12.1 Å². The second-order valence-corrected chi connectivity index (χ2v) is 5.66. The molecule has 0 aliphatic rings. The van der Waals surface area contributed by atoms with Crippen molar-refractivity contribution in [1.82, 2.24) is 4.98 Å². The molecule has 0 aliphatic heterocycles. The van der Waals surface area contributed by atoms with Crippen LogP contribution in [0.4, 0.5) is 0 Å². The average molecular weight is 391 g/mol. The monoisotopic (exact) mass is 389 g/mol. The Labute approximate surface area is 128 Å². The second-order valence-electron chi connectivity index (χ2n) is 3.62. The van der Waals surface area contributed by atoms with E-state index in [0.717, 1.165) is 26.0 Å². The van der Waals surface area contributed by atoms with Crippen LogP contribution in [0.2, 0.25) is 0 Å². The Balaban J connectivity index is 2.12. The van der Waals surface area contributed by atoms with Crippen LogP contribution in [0.1, 0.15) is 11.3 Å². The third-order valence-corrected chi connectivity index (χ3v) is 3.73. The van der Waals surface area contributed by atoms with Gasteiger partial charge in [0, 0.05) is 16.2 Å². The fraction of sp³-hybridized carbons (Fsp3) is 0.154. The van der Waals surface area contributed by atoms with Gasteiger partial charge in [-0.05, 0) is 50.1 Å². The summed E-state index contributed by atoms with van der Waals surface area (Å²) in [6, 6.07) is 9.67. The van der Waals surface area contributed by atoms with Crippen LogP contribution >= 0.6 is 43.5 Å². The molecule has 0 amide bonds. The number of ether oxygens (including phenoxy) is 1. The Bertz CT molecular complexity index is 531. The first kappa shape index (κ1) is 13.8. The third-order valence-electron chi connectivity index (χ3n) is 2.35. The molecule has 0 bridgehead atoms. The van der Waals surface area contributed by atoms with Crippen molar-refractivity contribution in [2.75, 3.05) is 0 Å². The number of hydrogen-bond donors (Lipinski definition) is 0. The molecule has 0 aliphatic carbocycles. The van der Waals surface area contributed by atoms with E-state index in [-0.39, 0.29) is 0 Å². The van der Waals surface area contributed by atoms with E-state index in [1.54, 1.807) is 6.20 Å². The molecule has 5 heteroatoms. The Hall–Kier alpha value is -0.580. The maximum atomic E-state index is 5.88. The lowest BCUT2D eigenvalue weighted by Crippen LogP contribution is -2.00. The van der Waals surface area contributed by atoms with Crippen molar-refractivity contribution in [3.8, 4) is 5.75 Å². The second kappa shape index (κ2) is 6.55. The summed E-state index contributed by atoms with van der Waals surface area (Å²) < 4.78 is 7.63. The van der Waals surface area contributed by atoms with Gasteiger partial charge in [-0.3, -0.25) is 4.98 Å². The van der Waals surface area contributed by atoms with Crippen molar-refractivity contribution in [1.29, 1.82) is 0 Å². The summed E-state index contributed by atoms with van der Waals surface area (Å²) in [4.78, 5) is 4.26. The molecule has 2 nitrogen and oxygen atoms in total. The highest BCUT2D eigenvalue weighted by Crippen LogP contribution is 2.30. The molecule has 1 aromatic carbocycles. The van der Waals surface area contributed by atoms with E-state index in [9.17, 15) is 0 Å². The van der Waals surface area contributed by atoms with Gasteiger partial charge in [0.05, 0.1) is 16.0 Å². The number of halogens is 3. The van der Waals surface area contributed by atoms with Gasteiger partial charge in [-0.15, -0.1) is 11.6 Å². The van der Waals surface area contributed by atoms with Crippen LogP contribution in [0, 0.1) is 0 Å². The van der Waals surface area contributed by atoms with Crippen molar-refractivity contribution in [3.63, 3.8) is 0 Å². The molecular formula is C13H10Br2ClNO. The summed E-state index contributed by atoms with van der Waals surface area (Å²) in [6.45, 7) is 0.416. The van der Waals surface area contributed by atoms with Crippen LogP contribution in [0.15, 0.2) is 45.5 Å². The molecular weight excluding hydrogens is 381 g/mol. The van der Waals surface area contributed by atoms with E-state index in [2.05, 4.69) is 36.8 Å². The lowest BCUT2D eigenvalue weighted by atomic mass is 10.2. The maximum Gasteiger partial charge on any atom is 0.138 e. The van der Waals surface area contributed by atoms with Crippen molar-refractivity contribution >= 4 is 43.5 Å². The fourth-order valence-electron chi connectivity index (χ4n) is 1.46. The summed E-state index contributed by atoms with van der Waals surface area (Å²) in [7, 11) is 0. The van der Waals surface area contributed by atoms with Crippen molar-refractivity contribution in [2.24, 2.45) is 0 Å². The summed E-state index contributed by atoms with van der Waals surface area (Å²) in [6.07, 6.45) is 1.75. The predicted molar refractivity (Wildman–Crippen MR) is 80.0 cm³/mol. The van der Waals surface area contributed by atoms with Crippen LogP contribution in [0.5, 0.6) is 5.75 Å². The lowest BCUT2D eigenvalue weighted by Gasteiger charge is -2.11. The molecule has 0 fully saturated rings. The number of nitrogens with zero attached hydrogens (tertiary/aromatic N) is 1. The molecule has 2 aromatic rings. The zero-order valence-corrected chi connectivity index (χ0v) is 13.3. The van der Waals surface area contributed by atoms with Gasteiger partial charge in [0.25, 0.3) is 0 Å². The SMILES string of the molecule is ClCc1cccc(Br)c1OCc1ccc(Br)cn1. The molecule has 0 saturated carbocycles. The minimum Gasteiger partial charge on any atom is -0.486 e. The predicted octanol–water partition coefficient (Wildman–Crippen LogP) is 4.92. The zero-order valence-electron chi connectivity index (χ0n) is 9.37. The van der Waals surface area contributed by atoms with Gasteiger partial charge in [0.2, 0.25) is 0 Å². The zero-order chi connectivity index (χ0) is 13.0. The van der Waals surface area contributed by atoms with E-state index in [4.69, 9.17) is 16.3 Å². The molecule has 0 saturated heterocycles. The summed E-state index contributed by atoms with van der Waals surface area (Å²) in [5, 5.41) is 0. The number of rotatable bonds is 4. The molecule has 0 spiro atoms. The Morgan fingerprint density at radius 3 is 2.67 bits per heavy atom. The lowest BCUT2D eigenvalue weighted by molar-refractivity contribution is 0.297. The summed E-state index contributed by atoms with van der Waals surface area (Å²) >= 11 is 12.7. The molecule has 0 atom stereocenters. The minimum absolute atomic E-state index is 0.416. The van der Waals surface area contributed by atoms with E-state index >= 15 is 0 Å². The molecule has 1 aromatic heterocycles. The number of hydrogen-bond acceptors (Lipinski definition) is 2. The molecule has 0 unspecified atom stereocenters. The normalized spacial score (nSPS) is 10.4. The van der Waals surface area contributed by atoms with Crippen LogP contribution in [-0.4, -0.2) is 4.98 Å². The number of benzene rings is 1. The molecule has 0 N–H and O–H groups in total. The van der Waals surface area contributed by atoms with Crippen LogP contribution in [0.25, 0.3) is 0 Å². The number of pyridine rings is 1. The Morgan fingerprint density at radius 2 is 2.00 bits per heavy atom. The van der Waals surface area contributed by atoms with E-state index in [1.165, 1.54) is 0 Å².